The molecule has 0 bridgehead atoms. The standard InChI is InChI=1S/C16H19NO3S/c1-3-14-13(12-6-4-5-7-15(12)20-14)8-9-16(18)17-10-11-21(2)19/h4-9H,3,10-11H2,1-2H3,(H,17,18). The van der Waals surface area contributed by atoms with Crippen molar-refractivity contribution in [2.45, 2.75) is 13.3 Å². The molecule has 0 aliphatic carbocycles. The Bertz CT molecular complexity index is 688. The third-order valence-electron chi connectivity index (χ3n) is 3.12. The summed E-state index contributed by atoms with van der Waals surface area (Å²) in [6.07, 6.45) is 5.66. The predicted molar refractivity (Wildman–Crippen MR) is 86.6 cm³/mol. The zero-order valence-electron chi connectivity index (χ0n) is 12.2. The van der Waals surface area contributed by atoms with Gasteiger partial charge in [0.2, 0.25) is 5.91 Å². The van der Waals surface area contributed by atoms with Crippen LogP contribution < -0.4 is 5.32 Å². The first-order valence-corrected chi connectivity index (χ1v) is 8.61. The highest BCUT2D eigenvalue weighted by Crippen LogP contribution is 2.27. The summed E-state index contributed by atoms with van der Waals surface area (Å²) in [4.78, 5) is 11.7. The van der Waals surface area contributed by atoms with Crippen LogP contribution in [0, 0.1) is 0 Å². The summed E-state index contributed by atoms with van der Waals surface area (Å²) >= 11 is 0. The predicted octanol–water partition coefficient (Wildman–Crippen LogP) is 2.50. The molecule has 1 unspecified atom stereocenters. The van der Waals surface area contributed by atoms with Crippen LogP contribution in [0.5, 0.6) is 0 Å². The molecule has 5 heteroatoms. The first kappa shape index (κ1) is 15.5. The molecular weight excluding hydrogens is 286 g/mol. The summed E-state index contributed by atoms with van der Waals surface area (Å²) in [5, 5.41) is 3.72. The SMILES string of the molecule is CCc1oc2ccccc2c1C=CC(=O)NCCS(C)=O. The molecule has 1 aromatic heterocycles. The van der Waals surface area contributed by atoms with E-state index in [2.05, 4.69) is 5.32 Å². The molecule has 0 saturated carbocycles. The summed E-state index contributed by atoms with van der Waals surface area (Å²) in [6, 6.07) is 7.78. The van der Waals surface area contributed by atoms with Crippen molar-refractivity contribution in [3.05, 3.63) is 41.7 Å². The van der Waals surface area contributed by atoms with E-state index in [0.717, 1.165) is 28.7 Å². The van der Waals surface area contributed by atoms with Crippen molar-refractivity contribution in [1.82, 2.24) is 5.32 Å². The van der Waals surface area contributed by atoms with Crippen LogP contribution >= 0.6 is 0 Å². The Hall–Kier alpha value is -1.88. The van der Waals surface area contributed by atoms with Gasteiger partial charge < -0.3 is 9.73 Å². The Labute approximate surface area is 126 Å². The molecular formula is C16H19NO3S. The summed E-state index contributed by atoms with van der Waals surface area (Å²) in [5.74, 6) is 1.15. The molecule has 0 saturated heterocycles. The number of hydrogen-bond donors (Lipinski definition) is 1. The van der Waals surface area contributed by atoms with Gasteiger partial charge in [-0.1, -0.05) is 25.1 Å². The van der Waals surface area contributed by atoms with Crippen LogP contribution in [0.15, 0.2) is 34.8 Å². The van der Waals surface area contributed by atoms with Crippen LogP contribution in [0.3, 0.4) is 0 Å². The minimum Gasteiger partial charge on any atom is -0.460 e. The Morgan fingerprint density at radius 3 is 2.86 bits per heavy atom. The topological polar surface area (TPSA) is 59.3 Å². The molecule has 2 aromatic rings. The van der Waals surface area contributed by atoms with Gasteiger partial charge in [0.05, 0.1) is 0 Å². The summed E-state index contributed by atoms with van der Waals surface area (Å²) in [6.45, 7) is 2.44. The number of aryl methyl sites for hydroxylation is 1. The zero-order chi connectivity index (χ0) is 15.2. The van der Waals surface area contributed by atoms with Crippen LogP contribution in [-0.4, -0.2) is 28.7 Å². The molecule has 1 N–H and O–H groups in total. The van der Waals surface area contributed by atoms with E-state index < -0.39 is 10.8 Å². The molecule has 0 radical (unpaired) electrons. The van der Waals surface area contributed by atoms with Gasteiger partial charge in [0.25, 0.3) is 0 Å². The highest BCUT2D eigenvalue weighted by Gasteiger charge is 2.09. The van der Waals surface area contributed by atoms with Crippen molar-refractivity contribution in [2.75, 3.05) is 18.6 Å². The maximum absolute atomic E-state index is 11.7. The van der Waals surface area contributed by atoms with Gasteiger partial charge in [-0.25, -0.2) is 0 Å². The van der Waals surface area contributed by atoms with Crippen molar-refractivity contribution in [3.63, 3.8) is 0 Å². The lowest BCUT2D eigenvalue weighted by atomic mass is 10.1. The van der Waals surface area contributed by atoms with E-state index in [0.29, 0.717) is 12.3 Å². The van der Waals surface area contributed by atoms with Crippen LogP contribution in [0.2, 0.25) is 0 Å². The first-order chi connectivity index (χ1) is 10.1. The molecule has 0 aliphatic heterocycles. The fraction of sp³-hybridized carbons (Fsp3) is 0.312. The van der Waals surface area contributed by atoms with E-state index >= 15 is 0 Å². The second kappa shape index (κ2) is 7.22. The van der Waals surface area contributed by atoms with Crippen molar-refractivity contribution in [3.8, 4) is 0 Å². The second-order valence-corrected chi connectivity index (χ2v) is 6.24. The molecule has 0 spiro atoms. The molecule has 2 rings (SSSR count). The lowest BCUT2D eigenvalue weighted by molar-refractivity contribution is -0.116. The molecule has 0 fully saturated rings. The lowest BCUT2D eigenvalue weighted by Crippen LogP contribution is -2.25. The second-order valence-electron chi connectivity index (χ2n) is 4.69. The average molecular weight is 305 g/mol. The maximum atomic E-state index is 11.7. The zero-order valence-corrected chi connectivity index (χ0v) is 13.0. The number of carbonyl (C=O) groups excluding carboxylic acids is 1. The van der Waals surface area contributed by atoms with E-state index in [4.69, 9.17) is 4.42 Å². The van der Waals surface area contributed by atoms with E-state index in [1.54, 1.807) is 12.3 Å². The van der Waals surface area contributed by atoms with E-state index in [9.17, 15) is 9.00 Å². The van der Waals surface area contributed by atoms with Gasteiger partial charge in [0.1, 0.15) is 11.3 Å². The number of rotatable bonds is 6. The Balaban J connectivity index is 2.13. The third kappa shape index (κ3) is 4.04. The van der Waals surface area contributed by atoms with Crippen LogP contribution in [0.4, 0.5) is 0 Å². The first-order valence-electron chi connectivity index (χ1n) is 6.88. The Kier molecular flexibility index (Phi) is 5.33. The number of benzene rings is 1. The normalized spacial score (nSPS) is 12.9. The van der Waals surface area contributed by atoms with Crippen LogP contribution in [-0.2, 0) is 22.0 Å². The van der Waals surface area contributed by atoms with Crippen molar-refractivity contribution in [2.24, 2.45) is 0 Å². The van der Waals surface area contributed by atoms with Gasteiger partial charge in [-0.15, -0.1) is 0 Å². The van der Waals surface area contributed by atoms with E-state index in [-0.39, 0.29) is 5.91 Å². The van der Waals surface area contributed by atoms with Gasteiger partial charge >= 0.3 is 0 Å². The Morgan fingerprint density at radius 2 is 2.14 bits per heavy atom. The summed E-state index contributed by atoms with van der Waals surface area (Å²) in [7, 11) is -0.893. The van der Waals surface area contributed by atoms with Crippen molar-refractivity contribution in [1.29, 1.82) is 0 Å². The van der Waals surface area contributed by atoms with Gasteiger partial charge in [0.15, 0.2) is 0 Å². The van der Waals surface area contributed by atoms with E-state index in [1.165, 1.54) is 6.08 Å². The van der Waals surface area contributed by atoms with Gasteiger partial charge in [-0.05, 0) is 12.1 Å². The highest BCUT2D eigenvalue weighted by atomic mass is 32.2. The van der Waals surface area contributed by atoms with Gasteiger partial charge in [-0.3, -0.25) is 9.00 Å². The number of para-hydroxylation sites is 1. The fourth-order valence-electron chi connectivity index (χ4n) is 2.10. The molecule has 1 atom stereocenters. The number of hydrogen-bond acceptors (Lipinski definition) is 3. The molecule has 1 aromatic carbocycles. The van der Waals surface area contributed by atoms with Crippen LogP contribution in [0.25, 0.3) is 17.0 Å². The molecule has 4 nitrogen and oxygen atoms in total. The van der Waals surface area contributed by atoms with Crippen molar-refractivity contribution < 1.29 is 13.4 Å². The van der Waals surface area contributed by atoms with Crippen molar-refractivity contribution >= 4 is 33.8 Å². The summed E-state index contributed by atoms with van der Waals surface area (Å²) < 4.78 is 16.7. The molecule has 0 aliphatic rings. The minimum absolute atomic E-state index is 0.187. The minimum atomic E-state index is -0.893. The smallest absolute Gasteiger partial charge is 0.244 e. The molecule has 21 heavy (non-hydrogen) atoms. The summed E-state index contributed by atoms with van der Waals surface area (Å²) in [5.41, 5.74) is 1.78. The number of fused-ring (bicyclic) bond motifs is 1. The monoisotopic (exact) mass is 305 g/mol. The van der Waals surface area contributed by atoms with Gasteiger partial charge in [0, 0.05) is 52.8 Å². The molecule has 112 valence electrons. The van der Waals surface area contributed by atoms with Gasteiger partial charge in [-0.2, -0.15) is 0 Å². The fourth-order valence-corrected chi connectivity index (χ4v) is 2.49. The maximum Gasteiger partial charge on any atom is 0.244 e. The lowest BCUT2D eigenvalue weighted by Gasteiger charge is -1.99. The number of furan rings is 1. The number of nitrogens with one attached hydrogen (secondary N) is 1. The Morgan fingerprint density at radius 1 is 1.38 bits per heavy atom. The largest absolute Gasteiger partial charge is 0.460 e. The average Bonchev–Trinajstić information content (AvgIpc) is 2.82. The molecule has 1 amide bonds. The quantitative estimate of drug-likeness (QED) is 0.834. The number of amides is 1. The van der Waals surface area contributed by atoms with Crippen LogP contribution in [0.1, 0.15) is 18.2 Å². The third-order valence-corrected chi connectivity index (χ3v) is 3.90. The number of carbonyl (C=O) groups is 1. The van der Waals surface area contributed by atoms with E-state index in [1.807, 2.05) is 31.2 Å². The highest BCUT2D eigenvalue weighted by molar-refractivity contribution is 7.84. The molecule has 1 heterocycles.